The maximum absolute atomic E-state index is 12.2. The number of carbonyl (C=O) groups is 1. The number of aliphatic hydroxyl groups excluding tert-OH is 1. The number of nitrogens with one attached hydrogen (secondary N) is 1. The number of hydrogen-bond acceptors (Lipinski definition) is 3. The topological polar surface area (TPSA) is 52.6 Å². The van der Waals surface area contributed by atoms with E-state index in [4.69, 9.17) is 5.11 Å². The van der Waals surface area contributed by atoms with Gasteiger partial charge in [0.25, 0.3) is 5.91 Å². The summed E-state index contributed by atoms with van der Waals surface area (Å²) in [5.41, 5.74) is 2.27. The second-order valence-corrected chi connectivity index (χ2v) is 5.28. The van der Waals surface area contributed by atoms with Crippen molar-refractivity contribution in [3.8, 4) is 11.8 Å². The molecule has 1 aromatic rings. The maximum atomic E-state index is 12.2. The van der Waals surface area contributed by atoms with E-state index in [0.717, 1.165) is 24.9 Å². The molecule has 0 aliphatic heterocycles. The molecule has 0 saturated heterocycles. The van der Waals surface area contributed by atoms with Crippen molar-refractivity contribution >= 4 is 5.91 Å². The van der Waals surface area contributed by atoms with E-state index in [1.54, 1.807) is 6.07 Å². The Kier molecular flexibility index (Phi) is 7.52. The Morgan fingerprint density at radius 1 is 1.33 bits per heavy atom. The number of hydrogen-bond donors (Lipinski definition) is 2. The van der Waals surface area contributed by atoms with Crippen LogP contribution in [0.4, 0.5) is 0 Å². The second-order valence-electron chi connectivity index (χ2n) is 5.28. The van der Waals surface area contributed by atoms with Crippen LogP contribution in [0.1, 0.15) is 34.3 Å². The maximum Gasteiger partial charge on any atom is 0.252 e. The zero-order valence-corrected chi connectivity index (χ0v) is 13.1. The van der Waals surface area contributed by atoms with Crippen molar-refractivity contribution in [2.45, 2.75) is 19.8 Å². The number of rotatable bonds is 6. The molecule has 1 amide bonds. The van der Waals surface area contributed by atoms with Crippen molar-refractivity contribution in [1.82, 2.24) is 10.2 Å². The molecule has 1 aromatic carbocycles. The van der Waals surface area contributed by atoms with Gasteiger partial charge in [-0.2, -0.15) is 0 Å². The van der Waals surface area contributed by atoms with Crippen LogP contribution in [0, 0.1) is 18.8 Å². The van der Waals surface area contributed by atoms with Crippen LogP contribution in [0.25, 0.3) is 0 Å². The number of aliphatic hydroxyl groups is 1. The van der Waals surface area contributed by atoms with Crippen LogP contribution in [0.2, 0.25) is 0 Å². The predicted molar refractivity (Wildman–Crippen MR) is 85.3 cm³/mol. The van der Waals surface area contributed by atoms with Gasteiger partial charge in [-0.1, -0.05) is 17.9 Å². The Bertz CT molecular complexity index is 527. The summed E-state index contributed by atoms with van der Waals surface area (Å²) in [7, 11) is 4.08. The number of unbranched alkanes of at least 4 members (excludes halogenated alkanes) is 1. The lowest BCUT2D eigenvalue weighted by molar-refractivity contribution is 0.0952. The van der Waals surface area contributed by atoms with Gasteiger partial charge in [-0.15, -0.1) is 0 Å². The van der Waals surface area contributed by atoms with Gasteiger partial charge in [0.05, 0.1) is 5.56 Å². The summed E-state index contributed by atoms with van der Waals surface area (Å²) in [4.78, 5) is 14.3. The van der Waals surface area contributed by atoms with E-state index < -0.39 is 0 Å². The molecule has 0 aliphatic rings. The molecule has 0 aromatic heterocycles. The van der Waals surface area contributed by atoms with Gasteiger partial charge >= 0.3 is 0 Å². The highest BCUT2D eigenvalue weighted by Gasteiger charge is 2.09. The number of nitrogens with zero attached hydrogens (tertiary/aromatic N) is 1. The normalized spacial score (nSPS) is 10.1. The van der Waals surface area contributed by atoms with E-state index in [-0.39, 0.29) is 12.5 Å². The first-order valence-electron chi connectivity index (χ1n) is 7.18. The van der Waals surface area contributed by atoms with E-state index in [9.17, 15) is 4.79 Å². The molecule has 0 radical (unpaired) electrons. The first-order valence-corrected chi connectivity index (χ1v) is 7.18. The number of amides is 1. The van der Waals surface area contributed by atoms with Crippen molar-refractivity contribution in [3.05, 3.63) is 34.9 Å². The molecule has 0 unspecified atom stereocenters. The summed E-state index contributed by atoms with van der Waals surface area (Å²) in [5, 5.41) is 11.7. The van der Waals surface area contributed by atoms with Crippen LogP contribution in [0.3, 0.4) is 0 Å². The van der Waals surface area contributed by atoms with E-state index in [0.29, 0.717) is 17.7 Å². The third-order valence-corrected chi connectivity index (χ3v) is 3.04. The summed E-state index contributed by atoms with van der Waals surface area (Å²) in [5.74, 6) is 5.32. The van der Waals surface area contributed by atoms with E-state index in [1.165, 1.54) is 0 Å². The van der Waals surface area contributed by atoms with Gasteiger partial charge < -0.3 is 15.3 Å². The molecule has 4 heteroatoms. The monoisotopic (exact) mass is 288 g/mol. The van der Waals surface area contributed by atoms with Gasteiger partial charge in [-0.25, -0.2) is 0 Å². The largest absolute Gasteiger partial charge is 0.384 e. The molecular weight excluding hydrogens is 264 g/mol. The fraction of sp³-hybridized carbons (Fsp3) is 0.471. The lowest BCUT2D eigenvalue weighted by Crippen LogP contribution is -2.26. The molecule has 0 bridgehead atoms. The first-order chi connectivity index (χ1) is 10.0. The Hall–Kier alpha value is -1.83. The second kappa shape index (κ2) is 9.17. The summed E-state index contributed by atoms with van der Waals surface area (Å²) in [6, 6.07) is 5.54. The molecule has 0 atom stereocenters. The van der Waals surface area contributed by atoms with Gasteiger partial charge in [0.15, 0.2) is 0 Å². The molecule has 0 fully saturated rings. The standard InChI is InChI=1S/C17H24N2O2/c1-14-8-9-16(15(13-14)7-6-12-20)17(21)18-10-4-5-11-19(2)3/h8-9,13,20H,4-5,10-12H2,1-3H3,(H,18,21). The highest BCUT2D eigenvalue weighted by Crippen LogP contribution is 2.10. The lowest BCUT2D eigenvalue weighted by atomic mass is 10.0. The van der Waals surface area contributed by atoms with Crippen LogP contribution >= 0.6 is 0 Å². The fourth-order valence-corrected chi connectivity index (χ4v) is 1.94. The number of aryl methyl sites for hydroxylation is 1. The Balaban J connectivity index is 2.61. The summed E-state index contributed by atoms with van der Waals surface area (Å²) in [6.07, 6.45) is 2.01. The van der Waals surface area contributed by atoms with Gasteiger partial charge in [0.2, 0.25) is 0 Å². The fourth-order valence-electron chi connectivity index (χ4n) is 1.94. The molecule has 1 rings (SSSR count). The zero-order valence-electron chi connectivity index (χ0n) is 13.1. The molecule has 0 aliphatic carbocycles. The molecule has 114 valence electrons. The van der Waals surface area contributed by atoms with Crippen molar-refractivity contribution in [1.29, 1.82) is 0 Å². The highest BCUT2D eigenvalue weighted by molar-refractivity contribution is 5.96. The first kappa shape index (κ1) is 17.2. The molecule has 0 saturated carbocycles. The van der Waals surface area contributed by atoms with Crippen LogP contribution in [-0.2, 0) is 0 Å². The molecule has 0 spiro atoms. The quantitative estimate of drug-likeness (QED) is 0.615. The van der Waals surface area contributed by atoms with Crippen molar-refractivity contribution in [2.24, 2.45) is 0 Å². The average molecular weight is 288 g/mol. The smallest absolute Gasteiger partial charge is 0.252 e. The van der Waals surface area contributed by atoms with Crippen LogP contribution in [0.15, 0.2) is 18.2 Å². The van der Waals surface area contributed by atoms with E-state index >= 15 is 0 Å². The highest BCUT2D eigenvalue weighted by atomic mass is 16.2. The summed E-state index contributed by atoms with van der Waals surface area (Å²) >= 11 is 0. The minimum Gasteiger partial charge on any atom is -0.384 e. The molecular formula is C17H24N2O2. The van der Waals surface area contributed by atoms with Gasteiger partial charge in [-0.3, -0.25) is 4.79 Å². The van der Waals surface area contributed by atoms with Crippen LogP contribution < -0.4 is 5.32 Å². The Morgan fingerprint density at radius 3 is 2.76 bits per heavy atom. The lowest BCUT2D eigenvalue weighted by Gasteiger charge is -2.10. The van der Waals surface area contributed by atoms with Gasteiger partial charge in [-0.05, 0) is 58.1 Å². The number of benzene rings is 1. The minimum atomic E-state index is -0.209. The summed E-state index contributed by atoms with van der Waals surface area (Å²) < 4.78 is 0. The minimum absolute atomic E-state index is 0.109. The molecule has 0 heterocycles. The number of carbonyl (C=O) groups excluding carboxylic acids is 1. The molecule has 2 N–H and O–H groups in total. The van der Waals surface area contributed by atoms with Crippen LogP contribution in [0.5, 0.6) is 0 Å². The third kappa shape index (κ3) is 6.44. The zero-order chi connectivity index (χ0) is 15.7. The van der Waals surface area contributed by atoms with Crippen molar-refractivity contribution in [3.63, 3.8) is 0 Å². The van der Waals surface area contributed by atoms with Gasteiger partial charge in [0, 0.05) is 12.1 Å². The van der Waals surface area contributed by atoms with E-state index in [1.807, 2.05) is 33.2 Å². The summed E-state index contributed by atoms with van der Waals surface area (Å²) in [6.45, 7) is 3.42. The molecule has 4 nitrogen and oxygen atoms in total. The predicted octanol–water partition coefficient (Wildman–Crippen LogP) is 1.41. The average Bonchev–Trinajstić information content (AvgIpc) is 2.44. The molecule has 21 heavy (non-hydrogen) atoms. The Labute approximate surface area is 127 Å². The Morgan fingerprint density at radius 2 is 2.10 bits per heavy atom. The van der Waals surface area contributed by atoms with Crippen molar-refractivity contribution < 1.29 is 9.90 Å². The SMILES string of the molecule is Cc1ccc(C(=O)NCCCCN(C)C)c(C#CCO)c1. The van der Waals surface area contributed by atoms with E-state index in [2.05, 4.69) is 22.1 Å². The van der Waals surface area contributed by atoms with Crippen LogP contribution in [-0.4, -0.2) is 49.7 Å². The van der Waals surface area contributed by atoms with Crippen molar-refractivity contribution in [2.75, 3.05) is 33.8 Å². The third-order valence-electron chi connectivity index (χ3n) is 3.04. The van der Waals surface area contributed by atoms with Gasteiger partial charge in [0.1, 0.15) is 6.61 Å².